The molecule has 3 rings (SSSR count). The third kappa shape index (κ3) is 7.59. The van der Waals surface area contributed by atoms with Gasteiger partial charge < -0.3 is 15.5 Å². The first-order valence-electron chi connectivity index (χ1n) is 10.5. The molecule has 4 bridgehead atoms. The van der Waals surface area contributed by atoms with Crippen LogP contribution in [-0.2, 0) is 0 Å². The van der Waals surface area contributed by atoms with Crippen LogP contribution in [0.5, 0.6) is 5.88 Å². The molecule has 0 saturated heterocycles. The van der Waals surface area contributed by atoms with Gasteiger partial charge in [0, 0.05) is 23.1 Å². The summed E-state index contributed by atoms with van der Waals surface area (Å²) in [5.41, 5.74) is 7.07. The van der Waals surface area contributed by atoms with Gasteiger partial charge in [-0.25, -0.2) is 5.43 Å². The highest BCUT2D eigenvalue weighted by Gasteiger charge is 2.18. The van der Waals surface area contributed by atoms with Crippen molar-refractivity contribution < 1.29 is 9.53 Å². The van der Waals surface area contributed by atoms with Crippen LogP contribution in [0.1, 0.15) is 51.4 Å². The predicted octanol–water partition coefficient (Wildman–Crippen LogP) is 4.10. The van der Waals surface area contributed by atoms with Gasteiger partial charge in [-0.3, -0.25) is 9.52 Å². The third-order valence-electron chi connectivity index (χ3n) is 4.42. The molecule has 31 heavy (non-hydrogen) atoms. The highest BCUT2D eigenvalue weighted by Crippen LogP contribution is 2.24. The number of carbonyl (C=O) groups is 1. The van der Waals surface area contributed by atoms with Gasteiger partial charge in [0.1, 0.15) is 12.4 Å². The average Bonchev–Trinajstić information content (AvgIpc) is 2.69. The number of hydrogen-bond donors (Lipinski definition) is 4. The Hall–Kier alpha value is -2.52. The Bertz CT molecular complexity index is 900. The van der Waals surface area contributed by atoms with Gasteiger partial charge in [-0.2, -0.15) is 9.97 Å². The van der Waals surface area contributed by atoms with Crippen molar-refractivity contribution in [2.45, 2.75) is 52.0 Å². The molecule has 1 atom stereocenters. The maximum absolute atomic E-state index is 12.8. The van der Waals surface area contributed by atoms with Crippen molar-refractivity contribution in [1.29, 1.82) is 0 Å². The van der Waals surface area contributed by atoms with Crippen LogP contribution in [0.2, 0.25) is 0 Å². The fraction of sp³-hybridized carbons (Fsp3) is 0.500. The molecule has 8 nitrogen and oxygen atoms in total. The van der Waals surface area contributed by atoms with Crippen molar-refractivity contribution in [3.05, 3.63) is 35.9 Å². The summed E-state index contributed by atoms with van der Waals surface area (Å²) in [7, 11) is 0. The Morgan fingerprint density at radius 1 is 1.26 bits per heavy atom. The van der Waals surface area contributed by atoms with Gasteiger partial charge in [0.25, 0.3) is 5.91 Å². The number of hydrazine groups is 1. The van der Waals surface area contributed by atoms with E-state index >= 15 is 0 Å². The second-order valence-electron chi connectivity index (χ2n) is 9.30. The second kappa shape index (κ2) is 10.2. The molecule has 0 spiro atoms. The summed E-state index contributed by atoms with van der Waals surface area (Å²) < 4.78 is 9.14. The lowest BCUT2D eigenvalue weighted by molar-refractivity contribution is 0.0913. The van der Waals surface area contributed by atoms with Gasteiger partial charge >= 0.3 is 0 Å². The van der Waals surface area contributed by atoms with Crippen molar-refractivity contribution in [1.82, 2.24) is 20.7 Å². The Labute approximate surface area is 188 Å². The zero-order valence-corrected chi connectivity index (χ0v) is 19.6. The Morgan fingerprint density at radius 2 is 2.06 bits per heavy atom. The third-order valence-corrected chi connectivity index (χ3v) is 5.19. The Balaban J connectivity index is 1.85. The van der Waals surface area contributed by atoms with E-state index in [0.717, 1.165) is 17.9 Å². The lowest BCUT2D eigenvalue weighted by Gasteiger charge is -2.21. The number of nitrogens with one attached hydrogen (secondary N) is 4. The van der Waals surface area contributed by atoms with Crippen LogP contribution in [0.15, 0.2) is 35.2 Å². The SMILES string of the molecule is CC(C)C[C@@H]1COc2cc(NNCC(C)(C)C)nc(n2)NSc2cccc(c2)C(=O)N1. The number of nitrogens with zero attached hydrogens (tertiary/aromatic N) is 2. The van der Waals surface area contributed by atoms with E-state index in [-0.39, 0.29) is 17.4 Å². The van der Waals surface area contributed by atoms with E-state index in [2.05, 4.69) is 65.5 Å². The molecule has 0 radical (unpaired) electrons. The first-order chi connectivity index (χ1) is 14.7. The summed E-state index contributed by atoms with van der Waals surface area (Å²) in [6.07, 6.45) is 0.800. The van der Waals surface area contributed by atoms with Crippen molar-refractivity contribution in [2.75, 3.05) is 23.3 Å². The Kier molecular flexibility index (Phi) is 7.61. The summed E-state index contributed by atoms with van der Waals surface area (Å²) in [5.74, 6) is 1.76. The number of rotatable bonds is 5. The molecule has 0 aliphatic carbocycles. The monoisotopic (exact) mass is 444 g/mol. The zero-order valence-electron chi connectivity index (χ0n) is 18.8. The Morgan fingerprint density at radius 3 is 2.81 bits per heavy atom. The first kappa shape index (κ1) is 23.1. The van der Waals surface area contributed by atoms with E-state index in [9.17, 15) is 4.79 Å². The normalized spacial score (nSPS) is 16.8. The number of aromatic nitrogens is 2. The van der Waals surface area contributed by atoms with E-state index < -0.39 is 0 Å². The number of amides is 1. The minimum absolute atomic E-state index is 0.109. The summed E-state index contributed by atoms with van der Waals surface area (Å²) in [5, 5.41) is 3.10. The molecular weight excluding hydrogens is 412 g/mol. The topological polar surface area (TPSA) is 100 Å². The van der Waals surface area contributed by atoms with Gasteiger partial charge in [0.2, 0.25) is 11.8 Å². The standard InChI is InChI=1S/C22H32N6O2S/c1-14(2)9-16-12-30-19-11-18(27-23-13-22(3,4)5)25-21(26-19)28-31-17-8-6-7-15(10-17)20(29)24-16/h6-8,10-11,14,16,23H,9,12-13H2,1-5H3,(H,24,29)(H2,25,26,27,28)/t16-/m1/s1. The van der Waals surface area contributed by atoms with E-state index in [1.807, 2.05) is 24.3 Å². The largest absolute Gasteiger partial charge is 0.475 e. The molecule has 1 aromatic carbocycles. The van der Waals surface area contributed by atoms with Crippen LogP contribution in [0.3, 0.4) is 0 Å². The van der Waals surface area contributed by atoms with Crippen molar-refractivity contribution in [3.8, 4) is 5.88 Å². The molecule has 2 aromatic rings. The molecule has 0 fully saturated rings. The fourth-order valence-corrected chi connectivity index (χ4v) is 3.64. The summed E-state index contributed by atoms with van der Waals surface area (Å²) in [4.78, 5) is 22.7. The van der Waals surface area contributed by atoms with Gasteiger partial charge in [-0.1, -0.05) is 40.7 Å². The van der Waals surface area contributed by atoms with Crippen LogP contribution >= 0.6 is 11.9 Å². The number of anilines is 2. The fourth-order valence-electron chi connectivity index (χ4n) is 3.01. The molecule has 2 heterocycles. The van der Waals surface area contributed by atoms with Crippen molar-refractivity contribution in [2.24, 2.45) is 11.3 Å². The molecule has 1 aliphatic rings. The van der Waals surface area contributed by atoms with Crippen LogP contribution < -0.4 is 25.6 Å². The van der Waals surface area contributed by atoms with E-state index in [1.54, 1.807) is 6.07 Å². The number of hydrogen-bond acceptors (Lipinski definition) is 8. The molecular formula is C22H32N6O2S. The van der Waals surface area contributed by atoms with Gasteiger partial charge in [-0.05, 0) is 47.9 Å². The summed E-state index contributed by atoms with van der Waals surface area (Å²) in [6.45, 7) is 11.8. The van der Waals surface area contributed by atoms with Gasteiger partial charge in [-0.15, -0.1) is 0 Å². The van der Waals surface area contributed by atoms with Gasteiger partial charge in [0.05, 0.1) is 6.04 Å². The maximum atomic E-state index is 12.8. The summed E-state index contributed by atoms with van der Waals surface area (Å²) >= 11 is 1.34. The quantitative estimate of drug-likeness (QED) is 0.404. The lowest BCUT2D eigenvalue weighted by Crippen LogP contribution is -2.40. The molecule has 1 aromatic heterocycles. The molecule has 1 amide bonds. The highest BCUT2D eigenvalue weighted by molar-refractivity contribution is 8.00. The minimum Gasteiger partial charge on any atom is -0.475 e. The van der Waals surface area contributed by atoms with E-state index in [1.165, 1.54) is 11.9 Å². The predicted molar refractivity (Wildman–Crippen MR) is 125 cm³/mol. The average molecular weight is 445 g/mol. The van der Waals surface area contributed by atoms with Gasteiger partial charge in [0.15, 0.2) is 0 Å². The van der Waals surface area contributed by atoms with Crippen LogP contribution in [-0.4, -0.2) is 35.1 Å². The number of fused-ring (bicyclic) bond motifs is 4. The molecule has 168 valence electrons. The maximum Gasteiger partial charge on any atom is 0.251 e. The number of carbonyl (C=O) groups excluding carboxylic acids is 1. The molecule has 9 heteroatoms. The highest BCUT2D eigenvalue weighted by atomic mass is 32.2. The van der Waals surface area contributed by atoms with E-state index in [4.69, 9.17) is 4.74 Å². The first-order valence-corrected chi connectivity index (χ1v) is 11.3. The lowest BCUT2D eigenvalue weighted by atomic mass is 9.97. The summed E-state index contributed by atoms with van der Waals surface area (Å²) in [6, 6.07) is 9.08. The van der Waals surface area contributed by atoms with E-state index in [0.29, 0.717) is 35.7 Å². The molecule has 4 N–H and O–H groups in total. The molecule has 0 saturated carbocycles. The van der Waals surface area contributed by atoms with Crippen LogP contribution in [0.4, 0.5) is 11.8 Å². The zero-order chi connectivity index (χ0) is 22.4. The van der Waals surface area contributed by atoms with Crippen LogP contribution in [0, 0.1) is 11.3 Å². The molecule has 1 aliphatic heterocycles. The number of ether oxygens (including phenoxy) is 1. The van der Waals surface area contributed by atoms with Crippen molar-refractivity contribution in [3.63, 3.8) is 0 Å². The van der Waals surface area contributed by atoms with Crippen molar-refractivity contribution >= 4 is 29.6 Å². The second-order valence-corrected chi connectivity index (χ2v) is 10.2. The smallest absolute Gasteiger partial charge is 0.251 e. The minimum atomic E-state index is -0.133. The number of benzene rings is 1. The van der Waals surface area contributed by atoms with Crippen LogP contribution in [0.25, 0.3) is 0 Å². The molecule has 0 unspecified atom stereocenters.